The first-order chi connectivity index (χ1) is 13.9. The molecule has 0 bridgehead atoms. The molecule has 2 N–H and O–H groups in total. The number of esters is 2. The van der Waals surface area contributed by atoms with Crippen molar-refractivity contribution in [3.63, 3.8) is 0 Å². The molecule has 0 aliphatic carbocycles. The van der Waals surface area contributed by atoms with Crippen LogP contribution < -0.4 is 0 Å². The van der Waals surface area contributed by atoms with E-state index in [1.165, 1.54) is 0 Å². The van der Waals surface area contributed by atoms with Crippen molar-refractivity contribution < 1.29 is 45.0 Å². The summed E-state index contributed by atoms with van der Waals surface area (Å²) in [4.78, 5) is 24.0. The van der Waals surface area contributed by atoms with Crippen LogP contribution in [0.3, 0.4) is 0 Å². The number of hydrogen-bond donors (Lipinski definition) is 2. The van der Waals surface area contributed by atoms with Gasteiger partial charge in [0.15, 0.2) is 0 Å². The fourth-order valence-electron chi connectivity index (χ4n) is 2.24. The van der Waals surface area contributed by atoms with Gasteiger partial charge >= 0.3 is 11.9 Å². The number of carbonyl (C=O) groups excluding carboxylic acids is 2. The van der Waals surface area contributed by atoms with E-state index in [2.05, 4.69) is 0 Å². The highest BCUT2D eigenvalue weighted by Crippen LogP contribution is 2.27. The lowest BCUT2D eigenvalue weighted by molar-refractivity contribution is -0.142. The topological polar surface area (TPSA) is 161 Å². The first-order valence-electron chi connectivity index (χ1n) is 8.34. The van der Waals surface area contributed by atoms with Crippen molar-refractivity contribution in [2.24, 2.45) is 0 Å². The van der Waals surface area contributed by atoms with Crippen LogP contribution in [-0.2, 0) is 40.9 Å². The van der Waals surface area contributed by atoms with E-state index < -0.39 is 56.9 Å². The van der Waals surface area contributed by atoms with Crippen molar-refractivity contribution in [1.82, 2.24) is 0 Å². The van der Waals surface area contributed by atoms with E-state index in [1.54, 1.807) is 35.7 Å². The lowest BCUT2D eigenvalue weighted by Gasteiger charge is -2.05. The number of thiophene rings is 1. The van der Waals surface area contributed by atoms with E-state index in [0.29, 0.717) is 16.7 Å². The van der Waals surface area contributed by atoms with Crippen LogP contribution in [0.15, 0.2) is 35.7 Å². The highest BCUT2D eigenvalue weighted by Gasteiger charge is 2.14. The summed E-state index contributed by atoms with van der Waals surface area (Å²) in [6.45, 7) is -0.926. The molecule has 0 atom stereocenters. The Balaban J connectivity index is 1.97. The molecule has 0 aliphatic rings. The third-order valence-electron chi connectivity index (χ3n) is 3.59. The van der Waals surface area contributed by atoms with Crippen molar-refractivity contribution in [3.8, 4) is 11.1 Å². The second kappa shape index (κ2) is 10.1. The molecule has 0 saturated heterocycles. The molecule has 1 heterocycles. The molecule has 0 amide bonds. The van der Waals surface area contributed by atoms with E-state index in [4.69, 9.17) is 18.6 Å². The highest BCUT2D eigenvalue weighted by molar-refractivity contribution is 7.86. The molecule has 2 rings (SSSR count). The van der Waals surface area contributed by atoms with Crippen LogP contribution in [0, 0.1) is 0 Å². The molecular weight excluding hydrogens is 460 g/mol. The molecule has 0 aliphatic heterocycles. The van der Waals surface area contributed by atoms with Crippen molar-refractivity contribution in [2.45, 2.75) is 6.42 Å². The Labute approximate surface area is 176 Å². The maximum Gasteiger partial charge on any atom is 0.348 e. The van der Waals surface area contributed by atoms with Crippen molar-refractivity contribution in [2.75, 3.05) is 24.7 Å². The minimum atomic E-state index is -4.22. The Hall–Kier alpha value is -2.32. The van der Waals surface area contributed by atoms with Gasteiger partial charge in [0, 0.05) is 0 Å². The zero-order chi connectivity index (χ0) is 22.4. The Kier molecular flexibility index (Phi) is 8.09. The second-order valence-electron chi connectivity index (χ2n) is 6.01. The molecule has 164 valence electrons. The minimum absolute atomic E-state index is 0.117. The van der Waals surface area contributed by atoms with Crippen molar-refractivity contribution in [3.05, 3.63) is 46.2 Å². The summed E-state index contributed by atoms with van der Waals surface area (Å²) in [5.41, 5.74) is 1.96. The number of rotatable bonds is 10. The second-order valence-corrected chi connectivity index (χ2v) is 10.1. The zero-order valence-electron chi connectivity index (χ0n) is 15.4. The van der Waals surface area contributed by atoms with Gasteiger partial charge in [-0.2, -0.15) is 16.8 Å². The smallest absolute Gasteiger partial charge is 0.348 e. The van der Waals surface area contributed by atoms with Gasteiger partial charge in [-0.25, -0.2) is 4.79 Å². The molecule has 13 heteroatoms. The third kappa shape index (κ3) is 8.59. The van der Waals surface area contributed by atoms with Gasteiger partial charge in [0.05, 0.1) is 6.42 Å². The molecular formula is C17H18O10S3. The van der Waals surface area contributed by atoms with E-state index in [9.17, 15) is 26.4 Å². The molecule has 0 saturated carbocycles. The van der Waals surface area contributed by atoms with Crippen LogP contribution in [-0.4, -0.2) is 62.6 Å². The van der Waals surface area contributed by atoms with Gasteiger partial charge in [0.25, 0.3) is 20.2 Å². The highest BCUT2D eigenvalue weighted by atomic mass is 32.2. The largest absolute Gasteiger partial charge is 0.464 e. The van der Waals surface area contributed by atoms with E-state index >= 15 is 0 Å². The molecule has 0 unspecified atom stereocenters. The van der Waals surface area contributed by atoms with Gasteiger partial charge in [0.2, 0.25) is 0 Å². The standard InChI is InChI=1S/C17H18O10S3/c18-16(26-4-6-29(20,21)22)9-12-2-1-3-13(8-12)14-10-15(28-11-14)17(19)27-5-7-30(23,24)25/h1-3,8,10-11H,4-7,9H2,(H,20,21,22)(H,23,24,25). The summed E-state index contributed by atoms with van der Waals surface area (Å²) in [6.07, 6.45) is -0.117. The Morgan fingerprint density at radius 2 is 1.53 bits per heavy atom. The Bertz CT molecular complexity index is 1120. The molecule has 0 radical (unpaired) electrons. The van der Waals surface area contributed by atoms with Crippen LogP contribution in [0.25, 0.3) is 11.1 Å². The van der Waals surface area contributed by atoms with Gasteiger partial charge in [-0.1, -0.05) is 24.3 Å². The van der Waals surface area contributed by atoms with Crippen LogP contribution in [0.4, 0.5) is 0 Å². The van der Waals surface area contributed by atoms with Gasteiger partial charge < -0.3 is 9.47 Å². The first kappa shape index (κ1) is 24.0. The number of carbonyl (C=O) groups is 2. The maximum atomic E-state index is 11.9. The SMILES string of the molecule is O=C(Cc1cccc(-c2csc(C(=O)OCCS(=O)(=O)O)c2)c1)OCCS(=O)(=O)O. The normalized spacial score (nSPS) is 11.8. The Morgan fingerprint density at radius 3 is 2.17 bits per heavy atom. The summed E-state index contributed by atoms with van der Waals surface area (Å²) in [5, 5.41) is 1.68. The molecule has 0 fully saturated rings. The first-order valence-corrected chi connectivity index (χ1v) is 12.4. The molecule has 1 aromatic carbocycles. The summed E-state index contributed by atoms with van der Waals surface area (Å²) in [6, 6.07) is 8.36. The fourth-order valence-corrected chi connectivity index (χ4v) is 3.64. The number of ether oxygens (including phenoxy) is 2. The summed E-state index contributed by atoms with van der Waals surface area (Å²) in [5.74, 6) is -2.77. The van der Waals surface area contributed by atoms with Crippen LogP contribution in [0.1, 0.15) is 15.2 Å². The number of hydrogen-bond acceptors (Lipinski definition) is 9. The monoisotopic (exact) mass is 478 g/mol. The quantitative estimate of drug-likeness (QED) is 0.377. The summed E-state index contributed by atoms with van der Waals surface area (Å²) >= 11 is 1.08. The molecule has 0 spiro atoms. The van der Waals surface area contributed by atoms with E-state index in [-0.39, 0.29) is 11.3 Å². The summed E-state index contributed by atoms with van der Waals surface area (Å²) in [7, 11) is -8.43. The average Bonchev–Trinajstić information content (AvgIpc) is 3.10. The van der Waals surface area contributed by atoms with Crippen LogP contribution in [0.5, 0.6) is 0 Å². The zero-order valence-corrected chi connectivity index (χ0v) is 17.8. The molecule has 2 aromatic rings. The Morgan fingerprint density at radius 1 is 0.900 bits per heavy atom. The van der Waals surface area contributed by atoms with Crippen LogP contribution >= 0.6 is 11.3 Å². The van der Waals surface area contributed by atoms with Gasteiger partial charge in [-0.3, -0.25) is 13.9 Å². The average molecular weight is 479 g/mol. The lowest BCUT2D eigenvalue weighted by atomic mass is 10.0. The van der Waals surface area contributed by atoms with Crippen molar-refractivity contribution >= 4 is 43.5 Å². The predicted molar refractivity (Wildman–Crippen MR) is 108 cm³/mol. The lowest BCUT2D eigenvalue weighted by Crippen LogP contribution is -2.15. The molecule has 10 nitrogen and oxygen atoms in total. The van der Waals surface area contributed by atoms with E-state index in [1.807, 2.05) is 0 Å². The number of benzene rings is 1. The maximum absolute atomic E-state index is 11.9. The molecule has 30 heavy (non-hydrogen) atoms. The third-order valence-corrected chi connectivity index (χ3v) is 5.86. The fraction of sp³-hybridized carbons (Fsp3) is 0.294. The minimum Gasteiger partial charge on any atom is -0.464 e. The predicted octanol–water partition coefficient (Wildman–Crippen LogP) is 1.43. The van der Waals surface area contributed by atoms with Crippen molar-refractivity contribution in [1.29, 1.82) is 0 Å². The van der Waals surface area contributed by atoms with Gasteiger partial charge in [0.1, 0.15) is 29.6 Å². The summed E-state index contributed by atoms with van der Waals surface area (Å²) < 4.78 is 69.4. The van der Waals surface area contributed by atoms with Gasteiger partial charge in [-0.15, -0.1) is 11.3 Å². The van der Waals surface area contributed by atoms with Crippen LogP contribution in [0.2, 0.25) is 0 Å². The van der Waals surface area contributed by atoms with E-state index in [0.717, 1.165) is 11.3 Å². The molecule has 1 aromatic heterocycles. The van der Waals surface area contributed by atoms with Gasteiger partial charge in [-0.05, 0) is 28.1 Å².